The van der Waals surface area contributed by atoms with Crippen LogP contribution in [-0.4, -0.2) is 30.6 Å². The Morgan fingerprint density at radius 1 is 1.15 bits per heavy atom. The average molecular weight is 393 g/mol. The third kappa shape index (κ3) is 5.94. The van der Waals surface area contributed by atoms with Gasteiger partial charge in [0.15, 0.2) is 0 Å². The van der Waals surface area contributed by atoms with Crippen molar-refractivity contribution in [3.05, 3.63) is 34.3 Å². The van der Waals surface area contributed by atoms with Crippen LogP contribution >= 0.6 is 11.6 Å². The maximum atomic E-state index is 12.7. The van der Waals surface area contributed by atoms with E-state index in [1.165, 1.54) is 44.9 Å². The molecule has 5 heteroatoms. The summed E-state index contributed by atoms with van der Waals surface area (Å²) in [7, 11) is 0. The second-order valence-corrected chi connectivity index (χ2v) is 8.62. The van der Waals surface area contributed by atoms with E-state index in [-0.39, 0.29) is 11.8 Å². The van der Waals surface area contributed by atoms with Gasteiger partial charge in [0.1, 0.15) is 0 Å². The van der Waals surface area contributed by atoms with Gasteiger partial charge in [-0.3, -0.25) is 4.79 Å². The number of aliphatic hydroxyl groups excluding tert-OH is 1. The Morgan fingerprint density at radius 3 is 2.59 bits per heavy atom. The number of piperidine rings is 1. The molecule has 2 fully saturated rings. The second-order valence-electron chi connectivity index (χ2n) is 8.21. The molecule has 4 nitrogen and oxygen atoms in total. The van der Waals surface area contributed by atoms with Gasteiger partial charge >= 0.3 is 0 Å². The zero-order valence-electron chi connectivity index (χ0n) is 16.2. The van der Waals surface area contributed by atoms with Gasteiger partial charge < -0.3 is 15.7 Å². The first-order chi connectivity index (χ1) is 13.1. The Hall–Kier alpha value is -1.10. The minimum absolute atomic E-state index is 0.127. The lowest BCUT2D eigenvalue weighted by molar-refractivity contribution is 0.0912. The Kier molecular flexibility index (Phi) is 7.98. The minimum Gasteiger partial charge on any atom is -0.388 e. The van der Waals surface area contributed by atoms with Crippen LogP contribution in [0.25, 0.3) is 0 Å². The molecule has 150 valence electrons. The van der Waals surface area contributed by atoms with Gasteiger partial charge in [0, 0.05) is 19.0 Å². The minimum atomic E-state index is -0.563. The number of amides is 1. The number of halogens is 1. The molecule has 1 saturated heterocycles. The first kappa shape index (κ1) is 20.6. The molecule has 3 rings (SSSR count). The molecule has 0 bridgehead atoms. The normalized spacial score (nSPS) is 23.3. The smallest absolute Gasteiger partial charge is 0.252 e. The predicted octanol–water partition coefficient (Wildman–Crippen LogP) is 4.46. The first-order valence-electron chi connectivity index (χ1n) is 10.6. The van der Waals surface area contributed by atoms with Crippen molar-refractivity contribution in [1.82, 2.24) is 10.6 Å². The molecule has 1 heterocycles. The highest BCUT2D eigenvalue weighted by atomic mass is 35.5. The Balaban J connectivity index is 1.61. The molecule has 3 N–H and O–H groups in total. The molecule has 2 aliphatic rings. The van der Waals surface area contributed by atoms with E-state index in [1.54, 1.807) is 12.1 Å². The fourth-order valence-electron chi connectivity index (χ4n) is 4.40. The lowest BCUT2D eigenvalue weighted by Gasteiger charge is -2.28. The van der Waals surface area contributed by atoms with E-state index in [1.807, 2.05) is 6.07 Å². The van der Waals surface area contributed by atoms with Crippen LogP contribution in [0.5, 0.6) is 0 Å². The summed E-state index contributed by atoms with van der Waals surface area (Å²) >= 11 is 6.30. The van der Waals surface area contributed by atoms with Crippen LogP contribution in [0.15, 0.2) is 18.2 Å². The van der Waals surface area contributed by atoms with Crippen LogP contribution in [0.1, 0.15) is 79.8 Å². The maximum absolute atomic E-state index is 12.7. The van der Waals surface area contributed by atoms with Gasteiger partial charge in [-0.05, 0) is 55.8 Å². The van der Waals surface area contributed by atoms with Crippen molar-refractivity contribution in [2.45, 2.75) is 63.9 Å². The summed E-state index contributed by atoms with van der Waals surface area (Å²) in [5.74, 6) is 0.624. The molecule has 1 aliphatic heterocycles. The SMILES string of the molecule is O=C(NCC1CCCCCCC1)c1cc(C(O)C2CCCNC2)ccc1Cl. The van der Waals surface area contributed by atoms with Gasteiger partial charge in [-0.15, -0.1) is 0 Å². The molecular formula is C22H33ClN2O2. The highest BCUT2D eigenvalue weighted by Gasteiger charge is 2.24. The monoisotopic (exact) mass is 392 g/mol. The molecule has 0 radical (unpaired) electrons. The summed E-state index contributed by atoms with van der Waals surface area (Å²) in [6.45, 7) is 2.54. The highest BCUT2D eigenvalue weighted by molar-refractivity contribution is 6.33. The number of rotatable bonds is 5. The molecule has 0 spiro atoms. The van der Waals surface area contributed by atoms with Crippen LogP contribution in [-0.2, 0) is 0 Å². The van der Waals surface area contributed by atoms with Crippen LogP contribution in [0.3, 0.4) is 0 Å². The van der Waals surface area contributed by atoms with Crippen LogP contribution in [0.4, 0.5) is 0 Å². The summed E-state index contributed by atoms with van der Waals surface area (Å²) in [4.78, 5) is 12.7. The summed E-state index contributed by atoms with van der Waals surface area (Å²) in [5.41, 5.74) is 1.26. The number of aliphatic hydroxyl groups is 1. The third-order valence-corrected chi connectivity index (χ3v) is 6.46. The van der Waals surface area contributed by atoms with Crippen molar-refractivity contribution >= 4 is 17.5 Å². The number of carbonyl (C=O) groups is 1. The summed E-state index contributed by atoms with van der Waals surface area (Å²) in [5, 5.41) is 17.6. The fraction of sp³-hybridized carbons (Fsp3) is 0.682. The molecule has 2 unspecified atom stereocenters. The van der Waals surface area contributed by atoms with Crippen molar-refractivity contribution in [3.8, 4) is 0 Å². The van der Waals surface area contributed by atoms with Crippen molar-refractivity contribution in [1.29, 1.82) is 0 Å². The quantitative estimate of drug-likeness (QED) is 0.693. The van der Waals surface area contributed by atoms with E-state index in [9.17, 15) is 9.90 Å². The molecule has 1 aromatic carbocycles. The number of nitrogens with one attached hydrogen (secondary N) is 2. The molecule has 27 heavy (non-hydrogen) atoms. The van der Waals surface area contributed by atoms with Gasteiger partial charge in [-0.2, -0.15) is 0 Å². The Labute approximate surface area is 168 Å². The largest absolute Gasteiger partial charge is 0.388 e. The lowest BCUT2D eigenvalue weighted by atomic mass is 9.89. The molecular weight excluding hydrogens is 360 g/mol. The zero-order valence-corrected chi connectivity index (χ0v) is 16.9. The van der Waals surface area contributed by atoms with Crippen molar-refractivity contribution in [2.24, 2.45) is 11.8 Å². The summed E-state index contributed by atoms with van der Waals surface area (Å²) in [6.07, 6.45) is 10.4. The van der Waals surface area contributed by atoms with E-state index in [0.29, 0.717) is 23.0 Å². The van der Waals surface area contributed by atoms with Gasteiger partial charge in [0.2, 0.25) is 0 Å². The predicted molar refractivity (Wildman–Crippen MR) is 110 cm³/mol. The van der Waals surface area contributed by atoms with Crippen molar-refractivity contribution < 1.29 is 9.90 Å². The molecule has 1 saturated carbocycles. The standard InChI is InChI=1S/C22H33ClN2O2/c23-20-11-10-17(21(26)18-9-6-12-24-15-18)13-19(20)22(27)25-14-16-7-4-2-1-3-5-8-16/h10-11,13,16,18,21,24,26H,1-9,12,14-15H2,(H,25,27). The van der Waals surface area contributed by atoms with E-state index < -0.39 is 6.10 Å². The number of hydrogen-bond donors (Lipinski definition) is 3. The van der Waals surface area contributed by atoms with Crippen LogP contribution in [0.2, 0.25) is 5.02 Å². The fourth-order valence-corrected chi connectivity index (χ4v) is 4.60. The average Bonchev–Trinajstić information content (AvgIpc) is 2.67. The maximum Gasteiger partial charge on any atom is 0.252 e. The van der Waals surface area contributed by atoms with E-state index in [4.69, 9.17) is 11.6 Å². The first-order valence-corrected chi connectivity index (χ1v) is 11.0. The molecule has 1 amide bonds. The topological polar surface area (TPSA) is 61.4 Å². The number of carbonyl (C=O) groups excluding carboxylic acids is 1. The van der Waals surface area contributed by atoms with Crippen molar-refractivity contribution in [2.75, 3.05) is 19.6 Å². The highest BCUT2D eigenvalue weighted by Crippen LogP contribution is 2.30. The number of hydrogen-bond acceptors (Lipinski definition) is 3. The summed E-state index contributed by atoms with van der Waals surface area (Å²) in [6, 6.07) is 5.35. The molecule has 1 aromatic rings. The van der Waals surface area contributed by atoms with E-state index in [2.05, 4.69) is 10.6 Å². The summed E-state index contributed by atoms with van der Waals surface area (Å²) < 4.78 is 0. The van der Waals surface area contributed by atoms with E-state index >= 15 is 0 Å². The number of benzene rings is 1. The van der Waals surface area contributed by atoms with Crippen LogP contribution < -0.4 is 10.6 Å². The second kappa shape index (κ2) is 10.4. The third-order valence-electron chi connectivity index (χ3n) is 6.13. The Bertz CT molecular complexity index is 608. The van der Waals surface area contributed by atoms with Gasteiger partial charge in [-0.1, -0.05) is 49.8 Å². The lowest BCUT2D eigenvalue weighted by Crippen LogP contribution is -2.33. The van der Waals surface area contributed by atoms with Gasteiger partial charge in [0.25, 0.3) is 5.91 Å². The van der Waals surface area contributed by atoms with Crippen molar-refractivity contribution in [3.63, 3.8) is 0 Å². The molecule has 1 aliphatic carbocycles. The van der Waals surface area contributed by atoms with E-state index in [0.717, 1.165) is 31.5 Å². The van der Waals surface area contributed by atoms with Gasteiger partial charge in [-0.25, -0.2) is 0 Å². The van der Waals surface area contributed by atoms with Gasteiger partial charge in [0.05, 0.1) is 16.7 Å². The molecule has 0 aromatic heterocycles. The van der Waals surface area contributed by atoms with Crippen LogP contribution in [0, 0.1) is 11.8 Å². The Morgan fingerprint density at radius 2 is 1.89 bits per heavy atom. The molecule has 2 atom stereocenters. The zero-order chi connectivity index (χ0) is 19.1.